The van der Waals surface area contributed by atoms with E-state index in [0.29, 0.717) is 5.41 Å². The molecule has 0 radical (unpaired) electrons. The van der Waals surface area contributed by atoms with Crippen molar-refractivity contribution >= 4 is 0 Å². The van der Waals surface area contributed by atoms with E-state index in [1.54, 1.807) is 0 Å². The van der Waals surface area contributed by atoms with Crippen LogP contribution in [0.3, 0.4) is 0 Å². The monoisotopic (exact) mass is 194 g/mol. The normalized spacial score (nSPS) is 47.1. The van der Waals surface area contributed by atoms with Crippen LogP contribution in [-0.2, 0) is 0 Å². The van der Waals surface area contributed by atoms with Crippen LogP contribution in [0.25, 0.3) is 0 Å². The van der Waals surface area contributed by atoms with Gasteiger partial charge in [0.05, 0.1) is 0 Å². The molecule has 0 aromatic heterocycles. The number of rotatable bonds is 0. The van der Waals surface area contributed by atoms with Crippen LogP contribution >= 0.6 is 0 Å². The summed E-state index contributed by atoms with van der Waals surface area (Å²) < 4.78 is 0. The molecule has 0 bridgehead atoms. The standard InChI is InChI=1S/C14H26/c1-10-8-9-12-6-5-7-13(12)14(3,4)11(10)2/h10-13H,5-9H2,1-4H3/t10-,11+,12?,13-/m1/s1. The minimum atomic E-state index is 0.594. The highest BCUT2D eigenvalue weighted by atomic mass is 14.5. The van der Waals surface area contributed by atoms with Gasteiger partial charge in [0, 0.05) is 0 Å². The first-order chi connectivity index (χ1) is 6.53. The van der Waals surface area contributed by atoms with Crippen LogP contribution in [0.1, 0.15) is 59.8 Å². The molecule has 0 N–H and O–H groups in total. The summed E-state index contributed by atoms with van der Waals surface area (Å²) in [7, 11) is 0. The van der Waals surface area contributed by atoms with Crippen LogP contribution in [-0.4, -0.2) is 0 Å². The highest BCUT2D eigenvalue weighted by Gasteiger charge is 2.45. The van der Waals surface area contributed by atoms with Crippen LogP contribution in [0.4, 0.5) is 0 Å². The highest BCUT2D eigenvalue weighted by molar-refractivity contribution is 4.94. The van der Waals surface area contributed by atoms with E-state index < -0.39 is 0 Å². The first-order valence-electron chi connectivity index (χ1n) is 6.53. The maximum Gasteiger partial charge on any atom is -0.0295 e. The lowest BCUT2D eigenvalue weighted by Gasteiger charge is -2.40. The zero-order chi connectivity index (χ0) is 10.3. The number of hydrogen-bond acceptors (Lipinski definition) is 0. The van der Waals surface area contributed by atoms with Gasteiger partial charge in [-0.05, 0) is 41.9 Å². The summed E-state index contributed by atoms with van der Waals surface area (Å²) in [6.45, 7) is 10.0. The fourth-order valence-electron chi connectivity index (χ4n) is 4.16. The molecule has 0 amide bonds. The molecule has 82 valence electrons. The quantitative estimate of drug-likeness (QED) is 0.533. The van der Waals surface area contributed by atoms with E-state index >= 15 is 0 Å². The van der Waals surface area contributed by atoms with Gasteiger partial charge < -0.3 is 0 Å². The summed E-state index contributed by atoms with van der Waals surface area (Å²) in [6.07, 6.45) is 7.52. The minimum Gasteiger partial charge on any atom is -0.0622 e. The molecule has 14 heavy (non-hydrogen) atoms. The second kappa shape index (κ2) is 3.54. The third-order valence-corrected chi connectivity index (χ3v) is 5.63. The molecule has 0 saturated heterocycles. The first-order valence-corrected chi connectivity index (χ1v) is 6.53. The molecule has 0 heteroatoms. The molecule has 0 heterocycles. The molecule has 0 spiro atoms. The molecular formula is C14H26. The zero-order valence-electron chi connectivity index (χ0n) is 10.3. The lowest BCUT2D eigenvalue weighted by Crippen LogP contribution is -2.33. The van der Waals surface area contributed by atoms with Crippen molar-refractivity contribution in [1.29, 1.82) is 0 Å². The average Bonchev–Trinajstić information content (AvgIpc) is 2.58. The van der Waals surface area contributed by atoms with Gasteiger partial charge in [-0.2, -0.15) is 0 Å². The molecule has 0 nitrogen and oxygen atoms in total. The van der Waals surface area contributed by atoms with Crippen molar-refractivity contribution in [3.05, 3.63) is 0 Å². The largest absolute Gasteiger partial charge is 0.0622 e. The van der Waals surface area contributed by atoms with E-state index in [0.717, 1.165) is 23.7 Å². The van der Waals surface area contributed by atoms with Crippen molar-refractivity contribution in [2.75, 3.05) is 0 Å². The predicted molar refractivity (Wildman–Crippen MR) is 62.2 cm³/mol. The Balaban J connectivity index is 2.24. The smallest absolute Gasteiger partial charge is 0.0295 e. The maximum absolute atomic E-state index is 2.53. The molecule has 2 rings (SSSR count). The molecule has 0 aromatic rings. The van der Waals surface area contributed by atoms with Crippen molar-refractivity contribution < 1.29 is 0 Å². The topological polar surface area (TPSA) is 0 Å². The molecule has 0 aromatic carbocycles. The van der Waals surface area contributed by atoms with Crippen LogP contribution in [0.15, 0.2) is 0 Å². The Kier molecular flexibility index (Phi) is 2.66. The Hall–Kier alpha value is 0. The van der Waals surface area contributed by atoms with E-state index in [-0.39, 0.29) is 0 Å². The lowest BCUT2D eigenvalue weighted by molar-refractivity contribution is 0.0869. The molecule has 2 fully saturated rings. The molecular weight excluding hydrogens is 168 g/mol. The Morgan fingerprint density at radius 3 is 2.36 bits per heavy atom. The van der Waals surface area contributed by atoms with Crippen molar-refractivity contribution in [3.8, 4) is 0 Å². The van der Waals surface area contributed by atoms with Crippen molar-refractivity contribution in [2.45, 2.75) is 59.8 Å². The van der Waals surface area contributed by atoms with Gasteiger partial charge in [-0.15, -0.1) is 0 Å². The summed E-state index contributed by atoms with van der Waals surface area (Å²) in [5.74, 6) is 3.95. The van der Waals surface area contributed by atoms with Gasteiger partial charge in [0.1, 0.15) is 0 Å². The molecule has 4 atom stereocenters. The van der Waals surface area contributed by atoms with E-state index in [1.165, 1.54) is 32.1 Å². The Morgan fingerprint density at radius 2 is 1.64 bits per heavy atom. The Bertz CT molecular complexity index is 204. The first kappa shape index (κ1) is 10.5. The van der Waals surface area contributed by atoms with Crippen molar-refractivity contribution in [2.24, 2.45) is 29.1 Å². The molecule has 2 aliphatic rings. The van der Waals surface area contributed by atoms with Crippen molar-refractivity contribution in [1.82, 2.24) is 0 Å². The van der Waals surface area contributed by atoms with E-state index in [4.69, 9.17) is 0 Å². The average molecular weight is 194 g/mol. The van der Waals surface area contributed by atoms with Crippen LogP contribution < -0.4 is 0 Å². The minimum absolute atomic E-state index is 0.594. The highest BCUT2D eigenvalue weighted by Crippen LogP contribution is 2.54. The molecule has 2 saturated carbocycles. The van der Waals surface area contributed by atoms with Gasteiger partial charge in [-0.1, -0.05) is 47.0 Å². The van der Waals surface area contributed by atoms with Crippen LogP contribution in [0.2, 0.25) is 0 Å². The Morgan fingerprint density at radius 1 is 0.929 bits per heavy atom. The molecule has 1 unspecified atom stereocenters. The second-order valence-corrected chi connectivity index (χ2v) is 6.46. The van der Waals surface area contributed by atoms with Gasteiger partial charge in [-0.3, -0.25) is 0 Å². The van der Waals surface area contributed by atoms with Crippen LogP contribution in [0.5, 0.6) is 0 Å². The van der Waals surface area contributed by atoms with Gasteiger partial charge in [0.25, 0.3) is 0 Å². The van der Waals surface area contributed by atoms with Gasteiger partial charge in [0.15, 0.2) is 0 Å². The number of fused-ring (bicyclic) bond motifs is 1. The summed E-state index contributed by atoms with van der Waals surface area (Å²) in [6, 6.07) is 0. The van der Waals surface area contributed by atoms with E-state index in [9.17, 15) is 0 Å². The SMILES string of the molecule is C[C@@H]1CCC2CCC[C@H]2C(C)(C)[C@H]1C. The summed E-state index contributed by atoms with van der Waals surface area (Å²) >= 11 is 0. The second-order valence-electron chi connectivity index (χ2n) is 6.46. The van der Waals surface area contributed by atoms with Gasteiger partial charge >= 0.3 is 0 Å². The summed E-state index contributed by atoms with van der Waals surface area (Å²) in [4.78, 5) is 0. The number of hydrogen-bond donors (Lipinski definition) is 0. The Labute approximate surface area is 89.5 Å². The van der Waals surface area contributed by atoms with Crippen molar-refractivity contribution in [3.63, 3.8) is 0 Å². The molecule has 2 aliphatic carbocycles. The lowest BCUT2D eigenvalue weighted by atomic mass is 9.65. The summed E-state index contributed by atoms with van der Waals surface area (Å²) in [5.41, 5.74) is 0.594. The van der Waals surface area contributed by atoms with E-state index in [2.05, 4.69) is 27.7 Å². The fourth-order valence-corrected chi connectivity index (χ4v) is 4.16. The predicted octanol–water partition coefficient (Wildman–Crippen LogP) is 4.49. The third-order valence-electron chi connectivity index (χ3n) is 5.63. The van der Waals surface area contributed by atoms with Crippen LogP contribution in [0, 0.1) is 29.1 Å². The van der Waals surface area contributed by atoms with E-state index in [1.807, 2.05) is 0 Å². The maximum atomic E-state index is 2.53. The van der Waals surface area contributed by atoms with Gasteiger partial charge in [-0.25, -0.2) is 0 Å². The summed E-state index contributed by atoms with van der Waals surface area (Å²) in [5, 5.41) is 0. The van der Waals surface area contributed by atoms with Gasteiger partial charge in [0.2, 0.25) is 0 Å². The zero-order valence-corrected chi connectivity index (χ0v) is 10.3. The molecule has 0 aliphatic heterocycles. The third kappa shape index (κ3) is 1.51. The fraction of sp³-hybridized carbons (Fsp3) is 1.00.